The molecule has 0 radical (unpaired) electrons. The molecule has 0 aromatic heterocycles. The molecule has 2 rings (SSSR count). The van der Waals surface area contributed by atoms with Crippen molar-refractivity contribution >= 4 is 23.0 Å². The molecule has 0 spiro atoms. The fraction of sp³-hybridized carbons (Fsp3) is 0.0588. The number of para-hydroxylation sites is 1. The minimum atomic E-state index is -4.66. The molecule has 2 aromatic carbocycles. The number of hydrogen-bond donors (Lipinski definition) is 3. The number of nitrogens with zero attached hydrogens (tertiary/aromatic N) is 3. The molecule has 0 bridgehead atoms. The van der Waals surface area contributed by atoms with Crippen molar-refractivity contribution in [3.63, 3.8) is 0 Å². The van der Waals surface area contributed by atoms with Gasteiger partial charge in [-0.2, -0.15) is 28.8 Å². The van der Waals surface area contributed by atoms with Crippen molar-refractivity contribution in [3.8, 4) is 12.1 Å². The van der Waals surface area contributed by atoms with E-state index < -0.39 is 23.4 Å². The van der Waals surface area contributed by atoms with Crippen LogP contribution in [0.25, 0.3) is 0 Å². The molecule has 0 aliphatic carbocycles. The fourth-order valence-electron chi connectivity index (χ4n) is 1.91. The summed E-state index contributed by atoms with van der Waals surface area (Å²) in [4.78, 5) is 12.3. The first kappa shape index (κ1) is 19.3. The number of carbonyl (C=O) groups is 1. The lowest BCUT2D eigenvalue weighted by molar-refractivity contribution is -0.137. The standard InChI is InChI=1S/C17H11F3N6O/c18-17(19,20)11-6-7-15(25-24-13(9-21)10-22)14(8-11)16(27)26-23-12-4-2-1-3-5-12/h1-8,23,25H,(H,26,27). The van der Waals surface area contributed by atoms with Gasteiger partial charge in [0, 0.05) is 0 Å². The third-order valence-electron chi connectivity index (χ3n) is 3.19. The Hall–Kier alpha value is -4.05. The van der Waals surface area contributed by atoms with E-state index in [1.54, 1.807) is 30.3 Å². The van der Waals surface area contributed by atoms with Crippen molar-refractivity contribution in [2.75, 3.05) is 10.9 Å². The number of rotatable bonds is 5. The second-order valence-electron chi connectivity index (χ2n) is 5.00. The molecule has 10 heteroatoms. The molecule has 0 aliphatic heterocycles. The highest BCUT2D eigenvalue weighted by molar-refractivity contribution is 6.10. The van der Waals surface area contributed by atoms with Gasteiger partial charge < -0.3 is 0 Å². The van der Waals surface area contributed by atoms with Crippen LogP contribution in [-0.4, -0.2) is 11.6 Å². The summed E-state index contributed by atoms with van der Waals surface area (Å²) in [6.45, 7) is 0. The van der Waals surface area contributed by atoms with Crippen LogP contribution in [0, 0.1) is 22.7 Å². The second-order valence-corrected chi connectivity index (χ2v) is 5.00. The molecular formula is C17H11F3N6O. The number of carbonyl (C=O) groups excluding carboxylic acids is 1. The molecule has 0 aliphatic rings. The molecule has 1 amide bonds. The summed E-state index contributed by atoms with van der Waals surface area (Å²) in [5.74, 6) is -0.877. The van der Waals surface area contributed by atoms with Crippen LogP contribution >= 0.6 is 0 Å². The summed E-state index contributed by atoms with van der Waals surface area (Å²) in [7, 11) is 0. The van der Waals surface area contributed by atoms with Crippen molar-refractivity contribution < 1.29 is 18.0 Å². The maximum Gasteiger partial charge on any atom is 0.416 e. The van der Waals surface area contributed by atoms with E-state index in [4.69, 9.17) is 10.5 Å². The van der Waals surface area contributed by atoms with Crippen LogP contribution in [0.5, 0.6) is 0 Å². The Balaban J connectivity index is 2.31. The van der Waals surface area contributed by atoms with Crippen molar-refractivity contribution in [2.45, 2.75) is 6.18 Å². The Labute approximate surface area is 151 Å². The molecule has 27 heavy (non-hydrogen) atoms. The molecule has 2 aromatic rings. The zero-order valence-electron chi connectivity index (χ0n) is 13.5. The van der Waals surface area contributed by atoms with Crippen molar-refractivity contribution in [1.82, 2.24) is 5.43 Å². The van der Waals surface area contributed by atoms with E-state index in [9.17, 15) is 18.0 Å². The van der Waals surface area contributed by atoms with Gasteiger partial charge in [0.15, 0.2) is 0 Å². The minimum absolute atomic E-state index is 0.113. The maximum atomic E-state index is 13.0. The van der Waals surface area contributed by atoms with E-state index >= 15 is 0 Å². The molecule has 0 unspecified atom stereocenters. The first-order chi connectivity index (χ1) is 12.8. The average molecular weight is 372 g/mol. The monoisotopic (exact) mass is 372 g/mol. The summed E-state index contributed by atoms with van der Waals surface area (Å²) in [5.41, 5.74) is 5.53. The van der Waals surface area contributed by atoms with E-state index in [1.807, 2.05) is 0 Å². The molecule has 3 N–H and O–H groups in total. The molecular weight excluding hydrogens is 361 g/mol. The smallest absolute Gasteiger partial charge is 0.298 e. The Kier molecular flexibility index (Phi) is 5.97. The fourth-order valence-corrected chi connectivity index (χ4v) is 1.91. The molecule has 0 saturated heterocycles. The van der Waals surface area contributed by atoms with Crippen LogP contribution < -0.4 is 16.3 Å². The molecule has 136 valence electrons. The second kappa shape index (κ2) is 8.36. The van der Waals surface area contributed by atoms with Gasteiger partial charge in [0.1, 0.15) is 12.1 Å². The van der Waals surface area contributed by atoms with Crippen LogP contribution in [0.2, 0.25) is 0 Å². The van der Waals surface area contributed by atoms with E-state index in [2.05, 4.69) is 21.4 Å². The van der Waals surface area contributed by atoms with Gasteiger partial charge in [-0.3, -0.25) is 21.1 Å². The topological polar surface area (TPSA) is 113 Å². The van der Waals surface area contributed by atoms with Crippen molar-refractivity contribution in [2.24, 2.45) is 5.10 Å². The van der Waals surface area contributed by atoms with Gasteiger partial charge in [0.2, 0.25) is 5.71 Å². The van der Waals surface area contributed by atoms with Crippen LogP contribution in [0.1, 0.15) is 15.9 Å². The third kappa shape index (κ3) is 5.21. The van der Waals surface area contributed by atoms with Crippen molar-refractivity contribution in [3.05, 3.63) is 59.7 Å². The average Bonchev–Trinajstić information content (AvgIpc) is 2.67. The third-order valence-corrected chi connectivity index (χ3v) is 3.19. The molecule has 0 saturated carbocycles. The predicted molar refractivity (Wildman–Crippen MR) is 91.3 cm³/mol. The number of hydrazone groups is 1. The summed E-state index contributed by atoms with van der Waals surface area (Å²) in [6, 6.07) is 13.8. The van der Waals surface area contributed by atoms with E-state index in [-0.39, 0.29) is 11.3 Å². The van der Waals surface area contributed by atoms with Crippen molar-refractivity contribution in [1.29, 1.82) is 10.5 Å². The summed E-state index contributed by atoms with van der Waals surface area (Å²) in [5, 5.41) is 20.8. The highest BCUT2D eigenvalue weighted by atomic mass is 19.4. The lowest BCUT2D eigenvalue weighted by Gasteiger charge is -2.14. The van der Waals surface area contributed by atoms with Crippen LogP contribution in [-0.2, 0) is 6.18 Å². The number of alkyl halides is 3. The normalized spacial score (nSPS) is 10.1. The van der Waals surface area contributed by atoms with Crippen LogP contribution in [0.15, 0.2) is 53.6 Å². The summed E-state index contributed by atoms with van der Waals surface area (Å²) in [6.07, 6.45) is -4.66. The number of benzene rings is 2. The van der Waals surface area contributed by atoms with Gasteiger partial charge in [-0.25, -0.2) is 0 Å². The van der Waals surface area contributed by atoms with Gasteiger partial charge in [0.05, 0.1) is 22.5 Å². The molecule has 0 atom stereocenters. The SMILES string of the molecule is N#CC(C#N)=NNc1ccc(C(F)(F)F)cc1C(=O)NNc1ccccc1. The summed E-state index contributed by atoms with van der Waals surface area (Å²) < 4.78 is 38.9. The largest absolute Gasteiger partial charge is 0.416 e. The van der Waals surface area contributed by atoms with Crippen LogP contribution in [0.3, 0.4) is 0 Å². The lowest BCUT2D eigenvalue weighted by atomic mass is 10.1. The minimum Gasteiger partial charge on any atom is -0.298 e. The summed E-state index contributed by atoms with van der Waals surface area (Å²) >= 11 is 0. The van der Waals surface area contributed by atoms with Gasteiger partial charge in [-0.1, -0.05) is 18.2 Å². The highest BCUT2D eigenvalue weighted by Crippen LogP contribution is 2.32. The zero-order valence-corrected chi connectivity index (χ0v) is 13.5. The Bertz CT molecular complexity index is 926. The van der Waals surface area contributed by atoms with Gasteiger partial charge in [-0.05, 0) is 30.3 Å². The molecule has 0 heterocycles. The van der Waals surface area contributed by atoms with Gasteiger partial charge >= 0.3 is 6.18 Å². The molecule has 0 fully saturated rings. The predicted octanol–water partition coefficient (Wildman–Crippen LogP) is 3.28. The highest BCUT2D eigenvalue weighted by Gasteiger charge is 2.31. The number of hydrogen-bond acceptors (Lipinski definition) is 6. The number of halogens is 3. The lowest BCUT2D eigenvalue weighted by Crippen LogP contribution is -2.30. The Morgan fingerprint density at radius 2 is 1.70 bits per heavy atom. The number of nitriles is 2. The first-order valence-corrected chi connectivity index (χ1v) is 7.31. The number of nitrogens with one attached hydrogen (secondary N) is 3. The number of anilines is 2. The Morgan fingerprint density at radius 1 is 1.04 bits per heavy atom. The quantitative estimate of drug-likeness (QED) is 0.551. The van der Waals surface area contributed by atoms with Crippen LogP contribution in [0.4, 0.5) is 24.5 Å². The van der Waals surface area contributed by atoms with E-state index in [0.29, 0.717) is 11.8 Å². The number of amides is 1. The van der Waals surface area contributed by atoms with Gasteiger partial charge in [-0.15, -0.1) is 0 Å². The Morgan fingerprint density at radius 3 is 2.30 bits per heavy atom. The first-order valence-electron chi connectivity index (χ1n) is 7.31. The zero-order chi connectivity index (χ0) is 19.9. The van der Waals surface area contributed by atoms with E-state index in [1.165, 1.54) is 12.1 Å². The molecule has 7 nitrogen and oxygen atoms in total. The van der Waals surface area contributed by atoms with E-state index in [0.717, 1.165) is 12.1 Å². The van der Waals surface area contributed by atoms with Gasteiger partial charge in [0.25, 0.3) is 5.91 Å². The maximum absolute atomic E-state index is 13.0. The number of hydrazine groups is 1.